The first kappa shape index (κ1) is 13.1. The van der Waals surface area contributed by atoms with Gasteiger partial charge in [0.2, 0.25) is 0 Å². The van der Waals surface area contributed by atoms with E-state index in [0.29, 0.717) is 10.9 Å². The van der Waals surface area contributed by atoms with Crippen molar-refractivity contribution in [3.8, 4) is 0 Å². The van der Waals surface area contributed by atoms with E-state index in [9.17, 15) is 0 Å². The first-order valence-corrected chi connectivity index (χ1v) is 7.14. The van der Waals surface area contributed by atoms with Crippen LogP contribution in [-0.2, 0) is 6.42 Å². The van der Waals surface area contributed by atoms with Crippen molar-refractivity contribution in [1.29, 1.82) is 0 Å². The van der Waals surface area contributed by atoms with Crippen molar-refractivity contribution in [3.63, 3.8) is 0 Å². The van der Waals surface area contributed by atoms with Crippen LogP contribution in [0.1, 0.15) is 28.2 Å². The monoisotopic (exact) mass is 283 g/mol. The molecule has 1 heterocycles. The lowest BCUT2D eigenvalue weighted by molar-refractivity contribution is 0.634. The van der Waals surface area contributed by atoms with Crippen LogP contribution in [0.15, 0.2) is 36.5 Å². The number of aromatic nitrogens is 1. The number of nitrogens with two attached hydrogens (primary N) is 1. The molecule has 20 heavy (non-hydrogen) atoms. The SMILES string of the molecule is Cc1ccnc(NCC2Cc3ccccc32)c1C(N)=S. The Morgan fingerprint density at radius 1 is 1.40 bits per heavy atom. The van der Waals surface area contributed by atoms with Gasteiger partial charge in [-0.2, -0.15) is 0 Å². The van der Waals surface area contributed by atoms with Gasteiger partial charge in [-0.3, -0.25) is 0 Å². The van der Waals surface area contributed by atoms with Gasteiger partial charge in [0, 0.05) is 18.7 Å². The van der Waals surface area contributed by atoms with Crippen LogP contribution in [0, 0.1) is 6.92 Å². The van der Waals surface area contributed by atoms with Crippen molar-refractivity contribution in [2.75, 3.05) is 11.9 Å². The fraction of sp³-hybridized carbons (Fsp3) is 0.250. The van der Waals surface area contributed by atoms with Crippen molar-refractivity contribution in [2.24, 2.45) is 5.73 Å². The molecular weight excluding hydrogens is 266 g/mol. The number of anilines is 1. The van der Waals surface area contributed by atoms with Gasteiger partial charge in [0.15, 0.2) is 0 Å². The molecule has 0 bridgehead atoms. The maximum Gasteiger partial charge on any atom is 0.136 e. The second-order valence-electron chi connectivity index (χ2n) is 5.20. The summed E-state index contributed by atoms with van der Waals surface area (Å²) in [5.41, 5.74) is 10.6. The molecule has 1 unspecified atom stereocenters. The fourth-order valence-corrected chi connectivity index (χ4v) is 3.03. The lowest BCUT2D eigenvalue weighted by atomic mass is 9.77. The largest absolute Gasteiger partial charge is 0.389 e. The number of aryl methyl sites for hydroxylation is 1. The minimum Gasteiger partial charge on any atom is -0.389 e. The highest BCUT2D eigenvalue weighted by molar-refractivity contribution is 7.80. The second kappa shape index (κ2) is 5.21. The maximum absolute atomic E-state index is 5.80. The molecule has 3 rings (SSSR count). The predicted molar refractivity (Wildman–Crippen MR) is 86.2 cm³/mol. The summed E-state index contributed by atoms with van der Waals surface area (Å²) in [6, 6.07) is 10.5. The molecule has 3 N–H and O–H groups in total. The fourth-order valence-electron chi connectivity index (χ4n) is 2.77. The molecule has 0 aliphatic heterocycles. The van der Waals surface area contributed by atoms with Gasteiger partial charge in [0.05, 0.1) is 5.56 Å². The molecule has 0 radical (unpaired) electrons. The molecule has 0 saturated heterocycles. The summed E-state index contributed by atoms with van der Waals surface area (Å²) in [5.74, 6) is 1.34. The summed E-state index contributed by atoms with van der Waals surface area (Å²) < 4.78 is 0. The van der Waals surface area contributed by atoms with E-state index in [1.54, 1.807) is 6.20 Å². The van der Waals surface area contributed by atoms with Crippen molar-refractivity contribution in [1.82, 2.24) is 4.98 Å². The second-order valence-corrected chi connectivity index (χ2v) is 5.64. The van der Waals surface area contributed by atoms with Crippen LogP contribution < -0.4 is 11.1 Å². The molecule has 102 valence electrons. The lowest BCUT2D eigenvalue weighted by Crippen LogP contribution is -2.25. The Bertz CT molecular complexity index is 667. The minimum absolute atomic E-state index is 0.395. The summed E-state index contributed by atoms with van der Waals surface area (Å²) in [6.07, 6.45) is 2.91. The number of rotatable bonds is 4. The van der Waals surface area contributed by atoms with Gasteiger partial charge < -0.3 is 11.1 Å². The molecule has 1 aromatic heterocycles. The van der Waals surface area contributed by atoms with E-state index in [-0.39, 0.29) is 0 Å². The van der Waals surface area contributed by atoms with E-state index < -0.39 is 0 Å². The molecule has 0 fully saturated rings. The maximum atomic E-state index is 5.80. The first-order chi connectivity index (χ1) is 9.66. The molecule has 1 aliphatic carbocycles. The van der Waals surface area contributed by atoms with Gasteiger partial charge in [0.25, 0.3) is 0 Å². The normalized spacial score (nSPS) is 16.1. The van der Waals surface area contributed by atoms with Crippen LogP contribution in [0.4, 0.5) is 5.82 Å². The van der Waals surface area contributed by atoms with E-state index in [4.69, 9.17) is 18.0 Å². The average Bonchev–Trinajstić information content (AvgIpc) is 2.39. The zero-order valence-electron chi connectivity index (χ0n) is 11.4. The third-order valence-electron chi connectivity index (χ3n) is 3.88. The minimum atomic E-state index is 0.395. The van der Waals surface area contributed by atoms with Crippen molar-refractivity contribution in [3.05, 3.63) is 58.8 Å². The van der Waals surface area contributed by atoms with E-state index in [2.05, 4.69) is 34.6 Å². The van der Waals surface area contributed by atoms with Gasteiger partial charge in [-0.15, -0.1) is 0 Å². The first-order valence-electron chi connectivity index (χ1n) is 6.74. The van der Waals surface area contributed by atoms with E-state index in [0.717, 1.165) is 29.9 Å². The van der Waals surface area contributed by atoms with Crippen LogP contribution >= 0.6 is 12.2 Å². The Balaban J connectivity index is 1.75. The van der Waals surface area contributed by atoms with Gasteiger partial charge in [-0.1, -0.05) is 36.5 Å². The Hall–Kier alpha value is -1.94. The molecule has 0 amide bonds. The average molecular weight is 283 g/mol. The summed E-state index contributed by atoms with van der Waals surface area (Å²) in [6.45, 7) is 2.86. The highest BCUT2D eigenvalue weighted by atomic mass is 32.1. The standard InChI is InChI=1S/C16H17N3S/c1-10-6-7-18-16(14(10)15(17)20)19-9-12-8-11-4-2-3-5-13(11)12/h2-7,12H,8-9H2,1H3,(H2,17,20)(H,18,19). The third kappa shape index (κ3) is 2.27. The third-order valence-corrected chi connectivity index (χ3v) is 4.09. The zero-order chi connectivity index (χ0) is 14.1. The number of benzene rings is 1. The number of nitrogens with zero attached hydrogens (tertiary/aromatic N) is 1. The molecule has 0 spiro atoms. The summed E-state index contributed by atoms with van der Waals surface area (Å²) >= 11 is 5.12. The van der Waals surface area contributed by atoms with Crippen molar-refractivity contribution in [2.45, 2.75) is 19.3 Å². The van der Waals surface area contributed by atoms with Gasteiger partial charge in [-0.05, 0) is 36.1 Å². The Morgan fingerprint density at radius 2 is 2.20 bits per heavy atom. The molecule has 1 aromatic carbocycles. The molecule has 4 heteroatoms. The van der Waals surface area contributed by atoms with Crippen LogP contribution in [0.3, 0.4) is 0 Å². The Morgan fingerprint density at radius 3 is 2.95 bits per heavy atom. The van der Waals surface area contributed by atoms with Gasteiger partial charge in [-0.25, -0.2) is 4.98 Å². The van der Waals surface area contributed by atoms with Crippen molar-refractivity contribution >= 4 is 23.0 Å². The number of pyridine rings is 1. The highest BCUT2D eigenvalue weighted by Gasteiger charge is 2.25. The Labute approximate surface area is 124 Å². The number of nitrogens with one attached hydrogen (secondary N) is 1. The lowest BCUT2D eigenvalue weighted by Gasteiger charge is -2.30. The molecule has 3 nitrogen and oxygen atoms in total. The van der Waals surface area contributed by atoms with Crippen molar-refractivity contribution < 1.29 is 0 Å². The molecular formula is C16H17N3S. The molecule has 1 aliphatic rings. The van der Waals surface area contributed by atoms with E-state index in [1.807, 2.05) is 13.0 Å². The van der Waals surface area contributed by atoms with Gasteiger partial charge in [0.1, 0.15) is 10.8 Å². The number of hydrogen-bond acceptors (Lipinski definition) is 3. The van der Waals surface area contributed by atoms with E-state index >= 15 is 0 Å². The zero-order valence-corrected chi connectivity index (χ0v) is 12.2. The summed E-state index contributed by atoms with van der Waals surface area (Å²) in [5, 5.41) is 3.40. The van der Waals surface area contributed by atoms with Crippen LogP contribution in [0.25, 0.3) is 0 Å². The quantitative estimate of drug-likeness (QED) is 0.847. The number of fused-ring (bicyclic) bond motifs is 1. The molecule has 1 atom stereocenters. The van der Waals surface area contributed by atoms with Gasteiger partial charge >= 0.3 is 0 Å². The summed E-state index contributed by atoms with van der Waals surface area (Å²) in [4.78, 5) is 4.76. The van der Waals surface area contributed by atoms with Crippen LogP contribution in [0.2, 0.25) is 0 Å². The van der Waals surface area contributed by atoms with Crippen LogP contribution in [0.5, 0.6) is 0 Å². The molecule has 2 aromatic rings. The topological polar surface area (TPSA) is 50.9 Å². The van der Waals surface area contributed by atoms with Crippen LogP contribution in [-0.4, -0.2) is 16.5 Å². The predicted octanol–water partition coefficient (Wildman–Crippen LogP) is 2.78. The van der Waals surface area contributed by atoms with E-state index in [1.165, 1.54) is 11.1 Å². The smallest absolute Gasteiger partial charge is 0.136 e. The molecule has 0 saturated carbocycles. The number of hydrogen-bond donors (Lipinski definition) is 2. The summed E-state index contributed by atoms with van der Waals surface area (Å²) in [7, 11) is 0. The Kier molecular flexibility index (Phi) is 3.40. The highest BCUT2D eigenvalue weighted by Crippen LogP contribution is 2.34. The number of thiocarbonyl (C=S) groups is 1.